The third-order valence-electron chi connectivity index (χ3n) is 2.87. The normalized spacial score (nSPS) is 9.82. The summed E-state index contributed by atoms with van der Waals surface area (Å²) in [5.74, 6) is 0. The van der Waals surface area contributed by atoms with Crippen molar-refractivity contribution in [1.29, 1.82) is 10.5 Å². The fourth-order valence-corrected chi connectivity index (χ4v) is 2.12. The average molecular weight is 220 g/mol. The van der Waals surface area contributed by atoms with Gasteiger partial charge in [0.2, 0.25) is 0 Å². The number of aryl methyl sites for hydroxylation is 1. The molecule has 0 saturated carbocycles. The summed E-state index contributed by atoms with van der Waals surface area (Å²) >= 11 is 0. The van der Waals surface area contributed by atoms with E-state index in [0.29, 0.717) is 11.1 Å². The first kappa shape index (κ1) is 11.2. The average Bonchev–Trinajstić information content (AvgIpc) is 2.37. The van der Waals surface area contributed by atoms with Crippen LogP contribution in [0.1, 0.15) is 30.0 Å². The zero-order valence-electron chi connectivity index (χ0n) is 9.70. The topological polar surface area (TPSA) is 47.6 Å². The van der Waals surface area contributed by atoms with Crippen molar-refractivity contribution in [2.24, 2.45) is 0 Å². The predicted octanol–water partition coefficient (Wildman–Crippen LogP) is 3.54. The molecular weight excluding hydrogens is 208 g/mol. The van der Waals surface area contributed by atoms with E-state index in [-0.39, 0.29) is 0 Å². The van der Waals surface area contributed by atoms with Crippen molar-refractivity contribution < 1.29 is 0 Å². The fourth-order valence-electron chi connectivity index (χ4n) is 2.12. The number of benzene rings is 2. The van der Waals surface area contributed by atoms with Gasteiger partial charge >= 0.3 is 0 Å². The SMILES string of the molecule is CCCc1cc2ccccc2c(C#N)c1C#N. The second-order valence-electron chi connectivity index (χ2n) is 3.98. The van der Waals surface area contributed by atoms with Gasteiger partial charge in [-0.25, -0.2) is 0 Å². The summed E-state index contributed by atoms with van der Waals surface area (Å²) in [4.78, 5) is 0. The van der Waals surface area contributed by atoms with Gasteiger partial charge in [-0.1, -0.05) is 37.6 Å². The molecule has 17 heavy (non-hydrogen) atoms. The van der Waals surface area contributed by atoms with Gasteiger partial charge in [-0.2, -0.15) is 10.5 Å². The second kappa shape index (κ2) is 4.68. The maximum Gasteiger partial charge on any atom is 0.101 e. The molecule has 0 saturated heterocycles. The maximum atomic E-state index is 9.24. The van der Waals surface area contributed by atoms with E-state index in [4.69, 9.17) is 0 Å². The molecule has 0 N–H and O–H groups in total. The summed E-state index contributed by atoms with van der Waals surface area (Å²) in [6, 6.07) is 14.1. The lowest BCUT2D eigenvalue weighted by Crippen LogP contribution is -1.95. The minimum Gasteiger partial charge on any atom is -0.192 e. The van der Waals surface area contributed by atoms with Crippen LogP contribution in [0.2, 0.25) is 0 Å². The summed E-state index contributed by atoms with van der Waals surface area (Å²) in [6.45, 7) is 2.07. The summed E-state index contributed by atoms with van der Waals surface area (Å²) in [7, 11) is 0. The molecule has 2 heteroatoms. The number of hydrogen-bond donors (Lipinski definition) is 0. The van der Waals surface area contributed by atoms with Crippen molar-refractivity contribution in [2.75, 3.05) is 0 Å². The molecule has 0 aromatic heterocycles. The van der Waals surface area contributed by atoms with E-state index in [1.165, 1.54) is 0 Å². The Labute approximate surface area is 101 Å². The monoisotopic (exact) mass is 220 g/mol. The zero-order chi connectivity index (χ0) is 12.3. The van der Waals surface area contributed by atoms with Crippen molar-refractivity contribution in [3.63, 3.8) is 0 Å². The van der Waals surface area contributed by atoms with Crippen LogP contribution >= 0.6 is 0 Å². The Morgan fingerprint density at radius 3 is 2.41 bits per heavy atom. The molecule has 0 aliphatic carbocycles. The maximum absolute atomic E-state index is 9.24. The van der Waals surface area contributed by atoms with Crippen molar-refractivity contribution in [3.8, 4) is 12.1 Å². The first-order valence-corrected chi connectivity index (χ1v) is 5.66. The summed E-state index contributed by atoms with van der Waals surface area (Å²) < 4.78 is 0. The summed E-state index contributed by atoms with van der Waals surface area (Å²) in [5.41, 5.74) is 2.02. The highest BCUT2D eigenvalue weighted by Crippen LogP contribution is 2.25. The molecule has 0 aliphatic heterocycles. The van der Waals surface area contributed by atoms with Crippen LogP contribution in [-0.4, -0.2) is 0 Å². The van der Waals surface area contributed by atoms with Crippen molar-refractivity contribution >= 4 is 10.8 Å². The van der Waals surface area contributed by atoms with E-state index in [2.05, 4.69) is 19.1 Å². The lowest BCUT2D eigenvalue weighted by atomic mass is 9.93. The van der Waals surface area contributed by atoms with E-state index in [1.807, 2.05) is 30.3 Å². The van der Waals surface area contributed by atoms with Crippen LogP contribution in [0, 0.1) is 22.7 Å². The van der Waals surface area contributed by atoms with Gasteiger partial charge in [0.25, 0.3) is 0 Å². The summed E-state index contributed by atoms with van der Waals surface area (Å²) in [6.07, 6.45) is 1.81. The fraction of sp³-hybridized carbons (Fsp3) is 0.200. The van der Waals surface area contributed by atoms with Gasteiger partial charge in [0.1, 0.15) is 12.1 Å². The molecule has 2 nitrogen and oxygen atoms in total. The molecule has 0 atom stereocenters. The molecule has 0 aliphatic rings. The van der Waals surface area contributed by atoms with Gasteiger partial charge in [-0.3, -0.25) is 0 Å². The van der Waals surface area contributed by atoms with Crippen LogP contribution in [0.3, 0.4) is 0 Å². The second-order valence-corrected chi connectivity index (χ2v) is 3.98. The van der Waals surface area contributed by atoms with Crippen molar-refractivity contribution in [2.45, 2.75) is 19.8 Å². The first-order chi connectivity index (χ1) is 8.31. The van der Waals surface area contributed by atoms with E-state index in [9.17, 15) is 10.5 Å². The number of nitrogens with zero attached hydrogens (tertiary/aromatic N) is 2. The Morgan fingerprint density at radius 1 is 1.06 bits per heavy atom. The molecule has 0 spiro atoms. The third kappa shape index (κ3) is 1.86. The molecule has 0 radical (unpaired) electrons. The van der Waals surface area contributed by atoms with Gasteiger partial charge in [0.15, 0.2) is 0 Å². The molecule has 0 amide bonds. The van der Waals surface area contributed by atoms with Crippen LogP contribution in [0.5, 0.6) is 0 Å². The predicted molar refractivity (Wildman–Crippen MR) is 67.4 cm³/mol. The van der Waals surface area contributed by atoms with Crippen LogP contribution in [-0.2, 0) is 6.42 Å². The Hall–Kier alpha value is -2.32. The Balaban J connectivity index is 2.86. The molecule has 82 valence electrons. The van der Waals surface area contributed by atoms with Crippen LogP contribution in [0.15, 0.2) is 30.3 Å². The smallest absolute Gasteiger partial charge is 0.101 e. The number of rotatable bonds is 2. The summed E-state index contributed by atoms with van der Waals surface area (Å²) in [5, 5.41) is 20.4. The zero-order valence-corrected chi connectivity index (χ0v) is 9.70. The van der Waals surface area contributed by atoms with Gasteiger partial charge in [-0.05, 0) is 23.4 Å². The first-order valence-electron chi connectivity index (χ1n) is 5.66. The highest BCUT2D eigenvalue weighted by atomic mass is 14.3. The molecule has 2 rings (SSSR count). The van der Waals surface area contributed by atoms with Crippen molar-refractivity contribution in [1.82, 2.24) is 0 Å². The quantitative estimate of drug-likeness (QED) is 0.777. The van der Waals surface area contributed by atoms with Gasteiger partial charge in [-0.15, -0.1) is 0 Å². The molecule has 2 aromatic carbocycles. The Morgan fingerprint density at radius 2 is 1.76 bits per heavy atom. The Bertz CT molecular complexity index is 642. The van der Waals surface area contributed by atoms with Crippen LogP contribution < -0.4 is 0 Å². The van der Waals surface area contributed by atoms with E-state index >= 15 is 0 Å². The Kier molecular flexibility index (Phi) is 3.08. The molecule has 0 unspecified atom stereocenters. The lowest BCUT2D eigenvalue weighted by Gasteiger charge is -2.08. The van der Waals surface area contributed by atoms with Crippen LogP contribution in [0.25, 0.3) is 10.8 Å². The number of nitriles is 2. The molecule has 0 bridgehead atoms. The molecular formula is C15H12N2. The van der Waals surface area contributed by atoms with Gasteiger partial charge in [0, 0.05) is 5.39 Å². The number of fused-ring (bicyclic) bond motifs is 1. The third-order valence-corrected chi connectivity index (χ3v) is 2.87. The van der Waals surface area contributed by atoms with Gasteiger partial charge < -0.3 is 0 Å². The van der Waals surface area contributed by atoms with Gasteiger partial charge in [0.05, 0.1) is 11.1 Å². The van der Waals surface area contributed by atoms with Crippen molar-refractivity contribution in [3.05, 3.63) is 47.0 Å². The van der Waals surface area contributed by atoms with E-state index in [1.54, 1.807) is 0 Å². The van der Waals surface area contributed by atoms with E-state index in [0.717, 1.165) is 29.2 Å². The van der Waals surface area contributed by atoms with E-state index < -0.39 is 0 Å². The highest BCUT2D eigenvalue weighted by molar-refractivity contribution is 5.91. The molecule has 0 heterocycles. The minimum atomic E-state index is 0.508. The molecule has 2 aromatic rings. The lowest BCUT2D eigenvalue weighted by molar-refractivity contribution is 0.919. The number of hydrogen-bond acceptors (Lipinski definition) is 2. The standard InChI is InChI=1S/C15H12N2/c1-2-5-11-8-12-6-3-4-7-13(12)15(10-17)14(11)9-16/h3-4,6-8H,2,5H2,1H3. The minimum absolute atomic E-state index is 0.508. The molecule has 0 fully saturated rings. The highest BCUT2D eigenvalue weighted by Gasteiger charge is 2.11. The van der Waals surface area contributed by atoms with Crippen LogP contribution in [0.4, 0.5) is 0 Å². The largest absolute Gasteiger partial charge is 0.192 e.